The van der Waals surface area contributed by atoms with E-state index in [1.54, 1.807) is 54.6 Å². The Morgan fingerprint density at radius 1 is 0.552 bits per heavy atom. The first-order chi connectivity index (χ1) is 14.0. The van der Waals surface area contributed by atoms with E-state index in [1.165, 1.54) is 29.2 Å². The summed E-state index contributed by atoms with van der Waals surface area (Å²) in [4.78, 5) is 1.50. The zero-order chi connectivity index (χ0) is 21.0. The van der Waals surface area contributed by atoms with E-state index in [0.29, 0.717) is 5.69 Å². The molecule has 3 aromatic rings. The van der Waals surface area contributed by atoms with E-state index in [-0.39, 0.29) is 33.6 Å². The van der Waals surface area contributed by atoms with E-state index in [2.05, 4.69) is 0 Å². The van der Waals surface area contributed by atoms with Gasteiger partial charge in [0.05, 0.1) is 22.3 Å². The second-order valence-corrected chi connectivity index (χ2v) is 5.83. The smallest absolute Gasteiger partial charge is 0.158 e. The fraction of sp³-hybridized carbons (Fsp3) is 0. The average molecular weight is 381 g/mol. The fourth-order valence-corrected chi connectivity index (χ4v) is 2.83. The second kappa shape index (κ2) is 7.89. The Morgan fingerprint density at radius 3 is 1.21 bits per heavy atom. The molecule has 0 aromatic heterocycles. The zero-order valence-corrected chi connectivity index (χ0v) is 14.7. The molecular formula is C22H9F2N5. The highest BCUT2D eigenvalue weighted by atomic mass is 19.1. The van der Waals surface area contributed by atoms with Crippen LogP contribution in [0.3, 0.4) is 0 Å². The van der Waals surface area contributed by atoms with Gasteiger partial charge in [0.2, 0.25) is 0 Å². The Kier molecular flexibility index (Phi) is 5.18. The van der Waals surface area contributed by atoms with Crippen molar-refractivity contribution in [2.24, 2.45) is 0 Å². The Labute approximate surface area is 165 Å². The summed E-state index contributed by atoms with van der Waals surface area (Å²) in [6, 6.07) is 20.4. The highest BCUT2D eigenvalue weighted by Crippen LogP contribution is 2.37. The van der Waals surface area contributed by atoms with E-state index in [9.17, 15) is 29.8 Å². The van der Waals surface area contributed by atoms with Crippen LogP contribution in [-0.4, -0.2) is 0 Å². The molecule has 0 bridgehead atoms. The standard InChI is InChI=1S/C22H9F2N5/c23-21-14(10-25)6-19(7-15(21)11-26)29(18-4-2-1-3-5-18)20-8-16(12-27)22(24)17(9-20)13-28/h1-9H. The lowest BCUT2D eigenvalue weighted by atomic mass is 10.0. The van der Waals surface area contributed by atoms with Crippen LogP contribution in [0.15, 0.2) is 54.6 Å². The van der Waals surface area contributed by atoms with Gasteiger partial charge in [-0.05, 0) is 36.4 Å². The first-order valence-electron chi connectivity index (χ1n) is 8.16. The van der Waals surface area contributed by atoms with Gasteiger partial charge in [0.1, 0.15) is 24.3 Å². The number of hydrogen-bond donors (Lipinski definition) is 0. The summed E-state index contributed by atoms with van der Waals surface area (Å²) < 4.78 is 28.4. The molecule has 0 atom stereocenters. The molecule has 0 N–H and O–H groups in total. The van der Waals surface area contributed by atoms with Gasteiger partial charge in [0, 0.05) is 17.1 Å². The number of rotatable bonds is 3. The van der Waals surface area contributed by atoms with Gasteiger partial charge in [-0.25, -0.2) is 8.78 Å². The molecule has 0 aliphatic carbocycles. The molecule has 0 radical (unpaired) electrons. The molecule has 0 saturated heterocycles. The molecule has 5 nitrogen and oxygen atoms in total. The summed E-state index contributed by atoms with van der Waals surface area (Å²) in [5, 5.41) is 36.9. The van der Waals surface area contributed by atoms with Crippen LogP contribution >= 0.6 is 0 Å². The number of para-hydroxylation sites is 1. The summed E-state index contributed by atoms with van der Waals surface area (Å²) in [5.74, 6) is -1.89. The van der Waals surface area contributed by atoms with Gasteiger partial charge in [-0.3, -0.25) is 0 Å². The van der Waals surface area contributed by atoms with Crippen molar-refractivity contribution in [1.82, 2.24) is 0 Å². The third-order valence-electron chi connectivity index (χ3n) is 4.13. The van der Waals surface area contributed by atoms with Crippen LogP contribution in [0.4, 0.5) is 25.8 Å². The second-order valence-electron chi connectivity index (χ2n) is 5.83. The van der Waals surface area contributed by atoms with Crippen molar-refractivity contribution in [2.45, 2.75) is 0 Å². The summed E-state index contributed by atoms with van der Waals surface area (Å²) in [6.45, 7) is 0. The lowest BCUT2D eigenvalue weighted by Gasteiger charge is -2.26. The van der Waals surface area contributed by atoms with Crippen LogP contribution in [0.5, 0.6) is 0 Å². The molecule has 0 saturated carbocycles. The highest BCUT2D eigenvalue weighted by Gasteiger charge is 2.20. The van der Waals surface area contributed by atoms with Crippen LogP contribution in [0, 0.1) is 57.0 Å². The van der Waals surface area contributed by atoms with Crippen LogP contribution in [0.25, 0.3) is 0 Å². The maximum Gasteiger partial charge on any atom is 0.158 e. The molecular weight excluding hydrogens is 372 g/mol. The number of anilines is 3. The number of nitrogens with zero attached hydrogens (tertiary/aromatic N) is 5. The maximum atomic E-state index is 14.2. The molecule has 0 unspecified atom stereocenters. The minimum atomic E-state index is -0.943. The van der Waals surface area contributed by atoms with Crippen molar-refractivity contribution in [3.63, 3.8) is 0 Å². The summed E-state index contributed by atoms with van der Waals surface area (Å²) in [6.07, 6.45) is 0. The van der Waals surface area contributed by atoms with Crippen LogP contribution < -0.4 is 4.90 Å². The van der Waals surface area contributed by atoms with E-state index in [1.807, 2.05) is 0 Å². The molecule has 0 amide bonds. The lowest BCUT2D eigenvalue weighted by molar-refractivity contribution is 0.620. The molecule has 3 rings (SSSR count). The normalized spacial score (nSPS) is 9.59. The molecule has 29 heavy (non-hydrogen) atoms. The number of benzene rings is 3. The fourth-order valence-electron chi connectivity index (χ4n) is 2.83. The Bertz CT molecular complexity index is 1120. The first-order valence-corrected chi connectivity index (χ1v) is 8.16. The maximum absolute atomic E-state index is 14.2. The average Bonchev–Trinajstić information content (AvgIpc) is 2.76. The predicted octanol–water partition coefficient (Wildman–Crippen LogP) is 4.92. The monoisotopic (exact) mass is 381 g/mol. The Balaban J connectivity index is 2.36. The predicted molar refractivity (Wildman–Crippen MR) is 99.9 cm³/mol. The van der Waals surface area contributed by atoms with Crippen LogP contribution in [0.1, 0.15) is 22.3 Å². The third-order valence-corrected chi connectivity index (χ3v) is 4.13. The molecule has 0 spiro atoms. The molecule has 0 aliphatic heterocycles. The quantitative estimate of drug-likeness (QED) is 0.641. The van der Waals surface area contributed by atoms with Crippen molar-refractivity contribution < 1.29 is 8.78 Å². The van der Waals surface area contributed by atoms with Crippen molar-refractivity contribution in [2.75, 3.05) is 4.90 Å². The van der Waals surface area contributed by atoms with Gasteiger partial charge in [-0.15, -0.1) is 0 Å². The number of halogens is 2. The van der Waals surface area contributed by atoms with Crippen LogP contribution in [0.2, 0.25) is 0 Å². The first kappa shape index (κ1) is 19.1. The molecule has 0 aliphatic rings. The topological polar surface area (TPSA) is 98.4 Å². The van der Waals surface area contributed by atoms with Gasteiger partial charge in [0.25, 0.3) is 0 Å². The molecule has 136 valence electrons. The van der Waals surface area contributed by atoms with Crippen molar-refractivity contribution in [3.8, 4) is 24.3 Å². The molecule has 0 heterocycles. The van der Waals surface area contributed by atoms with E-state index in [4.69, 9.17) is 0 Å². The van der Waals surface area contributed by atoms with Gasteiger partial charge in [-0.1, -0.05) is 18.2 Å². The van der Waals surface area contributed by atoms with Crippen LogP contribution in [-0.2, 0) is 0 Å². The van der Waals surface area contributed by atoms with Gasteiger partial charge < -0.3 is 4.90 Å². The number of nitriles is 4. The zero-order valence-electron chi connectivity index (χ0n) is 14.7. The molecule has 3 aromatic carbocycles. The van der Waals surface area contributed by atoms with Crippen molar-refractivity contribution in [3.05, 3.63) is 88.5 Å². The lowest BCUT2D eigenvalue weighted by Crippen LogP contribution is -2.12. The third kappa shape index (κ3) is 3.45. The molecule has 7 heteroatoms. The van der Waals surface area contributed by atoms with E-state index < -0.39 is 11.6 Å². The minimum Gasteiger partial charge on any atom is -0.310 e. The van der Waals surface area contributed by atoms with Gasteiger partial charge in [-0.2, -0.15) is 21.0 Å². The largest absolute Gasteiger partial charge is 0.310 e. The summed E-state index contributed by atoms with van der Waals surface area (Å²) >= 11 is 0. The van der Waals surface area contributed by atoms with E-state index in [0.717, 1.165) is 0 Å². The van der Waals surface area contributed by atoms with Gasteiger partial charge >= 0.3 is 0 Å². The van der Waals surface area contributed by atoms with Crippen molar-refractivity contribution in [1.29, 1.82) is 21.0 Å². The Hall–Kier alpha value is -4.72. The highest BCUT2D eigenvalue weighted by molar-refractivity contribution is 5.79. The minimum absolute atomic E-state index is 0.241. The number of hydrogen-bond acceptors (Lipinski definition) is 5. The molecule has 0 fully saturated rings. The Morgan fingerprint density at radius 2 is 0.897 bits per heavy atom. The SMILES string of the molecule is N#Cc1cc(N(c2ccccc2)c2cc(C#N)c(F)c(C#N)c2)cc(C#N)c1F. The summed E-state index contributed by atoms with van der Waals surface area (Å²) in [7, 11) is 0. The van der Waals surface area contributed by atoms with E-state index >= 15 is 0 Å². The van der Waals surface area contributed by atoms with Crippen molar-refractivity contribution >= 4 is 17.1 Å². The van der Waals surface area contributed by atoms with Gasteiger partial charge in [0.15, 0.2) is 11.6 Å². The summed E-state index contributed by atoms with van der Waals surface area (Å²) in [5.41, 5.74) is -0.362.